The summed E-state index contributed by atoms with van der Waals surface area (Å²) >= 11 is 6.71. The maximum atomic E-state index is 13.7. The fourth-order valence-corrected chi connectivity index (χ4v) is 2.99. The third-order valence-electron chi connectivity index (χ3n) is 3.46. The maximum absolute atomic E-state index is 13.7. The molecular weight excluding hydrogens is 457 g/mol. The molecule has 1 N–H and O–H groups in total. The first-order chi connectivity index (χ1) is 11.9. The predicted molar refractivity (Wildman–Crippen MR) is 98.7 cm³/mol. The van der Waals surface area contributed by atoms with Crippen LogP contribution in [0.5, 0.6) is 0 Å². The minimum absolute atomic E-state index is 0.0685. The number of hydrogen-bond donors (Lipinski definition) is 1. The van der Waals surface area contributed by atoms with Crippen molar-refractivity contribution >= 4 is 43.6 Å². The van der Waals surface area contributed by atoms with Crippen molar-refractivity contribution in [2.45, 2.75) is 20.0 Å². The van der Waals surface area contributed by atoms with Gasteiger partial charge in [0.1, 0.15) is 12.4 Å². The Labute approximate surface area is 160 Å². The number of hydrogen-bond acceptors (Lipinski definition) is 3. The highest BCUT2D eigenvalue weighted by atomic mass is 79.9. The molecule has 0 unspecified atom stereocenters. The van der Waals surface area contributed by atoms with Gasteiger partial charge in [0.15, 0.2) is 5.82 Å². The Balaban J connectivity index is 1.68. The Hall–Kier alpha value is -2.00. The molecule has 0 bridgehead atoms. The molecule has 0 atom stereocenters. The van der Waals surface area contributed by atoms with Crippen molar-refractivity contribution in [3.63, 3.8) is 0 Å². The van der Waals surface area contributed by atoms with Gasteiger partial charge in [0.05, 0.1) is 21.2 Å². The van der Waals surface area contributed by atoms with Crippen LogP contribution in [0.2, 0.25) is 0 Å². The summed E-state index contributed by atoms with van der Waals surface area (Å²) in [6.07, 6.45) is 3.43. The summed E-state index contributed by atoms with van der Waals surface area (Å²) in [5.41, 5.74) is 1.33. The second kappa shape index (κ2) is 7.49. The summed E-state index contributed by atoms with van der Waals surface area (Å²) in [5.74, 6) is -0.171. The second-order valence-corrected chi connectivity index (χ2v) is 7.13. The van der Waals surface area contributed by atoms with Gasteiger partial charge in [-0.1, -0.05) is 18.2 Å². The lowest BCUT2D eigenvalue weighted by molar-refractivity contribution is -0.116. The van der Waals surface area contributed by atoms with Crippen molar-refractivity contribution in [1.82, 2.24) is 19.6 Å². The highest BCUT2D eigenvalue weighted by molar-refractivity contribution is 9.10. The van der Waals surface area contributed by atoms with E-state index in [1.807, 2.05) is 6.92 Å². The van der Waals surface area contributed by atoms with E-state index in [4.69, 9.17) is 0 Å². The Morgan fingerprint density at radius 2 is 1.88 bits per heavy atom. The van der Waals surface area contributed by atoms with Crippen LogP contribution in [-0.2, 0) is 17.9 Å². The zero-order valence-electron chi connectivity index (χ0n) is 13.2. The van der Waals surface area contributed by atoms with E-state index in [1.54, 1.807) is 40.0 Å². The Kier molecular flexibility index (Phi) is 5.33. The Morgan fingerprint density at radius 3 is 2.56 bits per heavy atom. The molecule has 25 heavy (non-hydrogen) atoms. The molecule has 1 aromatic carbocycles. The number of aromatic nitrogens is 4. The minimum Gasteiger partial charge on any atom is -0.307 e. The van der Waals surface area contributed by atoms with Gasteiger partial charge in [0.25, 0.3) is 0 Å². The lowest BCUT2D eigenvalue weighted by Gasteiger charge is -2.04. The number of nitrogens with one attached hydrogen (secondary N) is 1. The number of anilines is 1. The van der Waals surface area contributed by atoms with Crippen LogP contribution in [0, 0.1) is 12.7 Å². The summed E-state index contributed by atoms with van der Waals surface area (Å²) in [4.78, 5) is 12.2. The number of nitrogens with zero attached hydrogens (tertiary/aromatic N) is 4. The van der Waals surface area contributed by atoms with Gasteiger partial charge < -0.3 is 5.32 Å². The predicted octanol–water partition coefficient (Wildman–Crippen LogP) is 3.74. The molecule has 0 aliphatic heterocycles. The molecule has 3 rings (SSSR count). The average Bonchev–Trinajstić information content (AvgIpc) is 3.04. The monoisotopic (exact) mass is 469 g/mol. The molecule has 9 heteroatoms. The number of aryl methyl sites for hydroxylation is 1. The molecule has 0 saturated heterocycles. The first kappa shape index (κ1) is 17.8. The van der Waals surface area contributed by atoms with E-state index in [1.165, 1.54) is 6.07 Å². The molecule has 0 spiro atoms. The molecule has 1 amide bonds. The van der Waals surface area contributed by atoms with Crippen molar-refractivity contribution in [3.05, 3.63) is 62.7 Å². The maximum Gasteiger partial charge on any atom is 0.247 e. The topological polar surface area (TPSA) is 64.7 Å². The molecule has 6 nitrogen and oxygen atoms in total. The van der Waals surface area contributed by atoms with Gasteiger partial charge in [-0.3, -0.25) is 14.2 Å². The number of carbonyl (C=O) groups excluding carboxylic acids is 1. The molecule has 2 aromatic heterocycles. The van der Waals surface area contributed by atoms with E-state index in [-0.39, 0.29) is 24.8 Å². The highest BCUT2D eigenvalue weighted by Crippen LogP contribution is 2.21. The molecule has 0 aliphatic carbocycles. The van der Waals surface area contributed by atoms with Gasteiger partial charge in [0.2, 0.25) is 5.91 Å². The number of carbonyl (C=O) groups is 1. The lowest BCUT2D eigenvalue weighted by atomic mass is 10.2. The van der Waals surface area contributed by atoms with Crippen LogP contribution in [0.15, 0.2) is 45.6 Å². The number of halogens is 3. The quantitative estimate of drug-likeness (QED) is 0.617. The van der Waals surface area contributed by atoms with Crippen molar-refractivity contribution in [1.29, 1.82) is 0 Å². The summed E-state index contributed by atoms with van der Waals surface area (Å²) in [5, 5.41) is 11.2. The van der Waals surface area contributed by atoms with Crippen LogP contribution in [0.1, 0.15) is 11.3 Å². The number of amides is 1. The summed E-state index contributed by atoms with van der Waals surface area (Å²) in [7, 11) is 0. The van der Waals surface area contributed by atoms with E-state index in [0.29, 0.717) is 15.9 Å². The van der Waals surface area contributed by atoms with Gasteiger partial charge in [0, 0.05) is 18.0 Å². The van der Waals surface area contributed by atoms with Crippen LogP contribution in [0.3, 0.4) is 0 Å². The van der Waals surface area contributed by atoms with Gasteiger partial charge in [-0.25, -0.2) is 4.39 Å². The third kappa shape index (κ3) is 4.35. The molecule has 0 radical (unpaired) electrons. The van der Waals surface area contributed by atoms with Gasteiger partial charge in [-0.2, -0.15) is 10.2 Å². The molecular formula is C16H14Br2FN5O. The van der Waals surface area contributed by atoms with Gasteiger partial charge >= 0.3 is 0 Å². The van der Waals surface area contributed by atoms with E-state index >= 15 is 0 Å². The van der Waals surface area contributed by atoms with Gasteiger partial charge in [-0.05, 0) is 44.8 Å². The SMILES string of the molecule is Cc1nn(CC(=O)Nc2nn(Cc3ccccc3F)cc2Br)cc1Br. The number of rotatable bonds is 5. The average molecular weight is 471 g/mol. The first-order valence-corrected chi connectivity index (χ1v) is 8.96. The Morgan fingerprint density at radius 1 is 1.16 bits per heavy atom. The van der Waals surface area contributed by atoms with E-state index < -0.39 is 0 Å². The van der Waals surface area contributed by atoms with Gasteiger partial charge in [-0.15, -0.1) is 0 Å². The van der Waals surface area contributed by atoms with E-state index in [2.05, 4.69) is 47.4 Å². The summed E-state index contributed by atoms with van der Waals surface area (Å²) < 4.78 is 18.3. The Bertz CT molecular complexity index is 902. The number of benzene rings is 1. The second-order valence-electron chi connectivity index (χ2n) is 5.42. The molecule has 2 heterocycles. The zero-order chi connectivity index (χ0) is 18.0. The van der Waals surface area contributed by atoms with Crippen LogP contribution in [0.4, 0.5) is 10.2 Å². The van der Waals surface area contributed by atoms with Crippen LogP contribution >= 0.6 is 31.9 Å². The fraction of sp³-hybridized carbons (Fsp3) is 0.188. The molecule has 0 saturated carbocycles. The van der Waals surface area contributed by atoms with Crippen molar-refractivity contribution in [3.8, 4) is 0 Å². The first-order valence-electron chi connectivity index (χ1n) is 7.38. The van der Waals surface area contributed by atoms with E-state index in [9.17, 15) is 9.18 Å². The molecule has 0 aliphatic rings. The van der Waals surface area contributed by atoms with E-state index in [0.717, 1.165) is 10.2 Å². The molecule has 130 valence electrons. The molecule has 0 fully saturated rings. The standard InChI is InChI=1S/C16H14Br2FN5O/c1-10-12(17)7-24(21-10)9-15(25)20-16-13(18)8-23(22-16)6-11-4-2-3-5-14(11)19/h2-5,7-8H,6,9H2,1H3,(H,20,22,25). The largest absolute Gasteiger partial charge is 0.307 e. The minimum atomic E-state index is -0.292. The normalized spacial score (nSPS) is 10.9. The van der Waals surface area contributed by atoms with Crippen molar-refractivity contribution in [2.75, 3.05) is 5.32 Å². The third-order valence-corrected chi connectivity index (χ3v) is 4.82. The lowest BCUT2D eigenvalue weighted by Crippen LogP contribution is -2.19. The summed E-state index contributed by atoms with van der Waals surface area (Å²) in [6, 6.07) is 6.50. The summed E-state index contributed by atoms with van der Waals surface area (Å²) in [6.45, 7) is 2.19. The fourth-order valence-electron chi connectivity index (χ4n) is 2.26. The van der Waals surface area contributed by atoms with Crippen molar-refractivity contribution < 1.29 is 9.18 Å². The van der Waals surface area contributed by atoms with Crippen LogP contribution in [0.25, 0.3) is 0 Å². The van der Waals surface area contributed by atoms with Crippen LogP contribution < -0.4 is 5.32 Å². The zero-order valence-corrected chi connectivity index (χ0v) is 16.4. The highest BCUT2D eigenvalue weighted by Gasteiger charge is 2.13. The van der Waals surface area contributed by atoms with Crippen molar-refractivity contribution in [2.24, 2.45) is 0 Å². The van der Waals surface area contributed by atoms with Crippen LogP contribution in [-0.4, -0.2) is 25.5 Å². The molecule has 3 aromatic rings. The smallest absolute Gasteiger partial charge is 0.247 e.